The van der Waals surface area contributed by atoms with Gasteiger partial charge in [0.25, 0.3) is 0 Å². The molecule has 2 aliphatic carbocycles. The van der Waals surface area contributed by atoms with E-state index in [-0.39, 0.29) is 11.1 Å². The normalized spacial score (nSPS) is 25.6. The average Bonchev–Trinajstić information content (AvgIpc) is 2.76. The molecule has 1 aromatic rings. The van der Waals surface area contributed by atoms with E-state index in [0.717, 1.165) is 44.9 Å². The summed E-state index contributed by atoms with van der Waals surface area (Å²) in [4.78, 5) is 4.58. The number of hydrogen-bond donors (Lipinski definition) is 1. The van der Waals surface area contributed by atoms with Crippen molar-refractivity contribution in [2.75, 3.05) is 7.11 Å². The number of methoxy groups -OCH3 is 1. The van der Waals surface area contributed by atoms with Crippen molar-refractivity contribution >= 4 is 0 Å². The molecule has 3 rings (SSSR count). The molecule has 0 spiro atoms. The highest BCUT2D eigenvalue weighted by Crippen LogP contribution is 2.41. The largest absolute Gasteiger partial charge is 0.370 e. The highest BCUT2D eigenvalue weighted by molar-refractivity contribution is 5.10. The van der Waals surface area contributed by atoms with Gasteiger partial charge in [-0.05, 0) is 32.1 Å². The predicted molar refractivity (Wildman–Crippen MR) is 70.4 cm³/mol. The molecule has 2 aliphatic rings. The van der Waals surface area contributed by atoms with Crippen LogP contribution in [0.4, 0.5) is 0 Å². The predicted octanol–water partition coefficient (Wildman–Crippen LogP) is 2.60. The lowest BCUT2D eigenvalue weighted by molar-refractivity contribution is -0.0365. The molecule has 0 amide bonds. The number of ether oxygens (including phenoxy) is 1. The number of nitrogens with two attached hydrogens (primary N) is 1. The van der Waals surface area contributed by atoms with Crippen molar-refractivity contribution in [2.24, 2.45) is 5.73 Å². The van der Waals surface area contributed by atoms with Crippen molar-refractivity contribution in [3.05, 3.63) is 11.7 Å². The summed E-state index contributed by atoms with van der Waals surface area (Å²) in [6, 6.07) is 0. The third-order valence-electron chi connectivity index (χ3n) is 4.81. The zero-order valence-corrected chi connectivity index (χ0v) is 11.7. The quantitative estimate of drug-likeness (QED) is 0.850. The summed E-state index contributed by atoms with van der Waals surface area (Å²) in [6.07, 6.45) is 9.80. The summed E-state index contributed by atoms with van der Waals surface area (Å²) >= 11 is 0. The minimum atomic E-state index is -0.384. The number of rotatable bonds is 3. The summed E-state index contributed by atoms with van der Waals surface area (Å²) in [5.74, 6) is 1.29. The molecule has 0 bridgehead atoms. The summed E-state index contributed by atoms with van der Waals surface area (Å²) in [5.41, 5.74) is 5.50. The van der Waals surface area contributed by atoms with Gasteiger partial charge in [0.2, 0.25) is 11.7 Å². The van der Waals surface area contributed by atoms with Crippen molar-refractivity contribution in [1.82, 2.24) is 10.1 Å². The Kier molecular flexibility index (Phi) is 3.35. The Bertz CT molecular complexity index is 432. The Morgan fingerprint density at radius 2 is 1.74 bits per heavy atom. The van der Waals surface area contributed by atoms with E-state index in [1.165, 1.54) is 12.8 Å². The second-order valence-corrected chi connectivity index (χ2v) is 6.05. The monoisotopic (exact) mass is 265 g/mol. The zero-order chi connectivity index (χ0) is 13.3. The smallest absolute Gasteiger partial charge is 0.246 e. The van der Waals surface area contributed by atoms with Crippen LogP contribution < -0.4 is 5.73 Å². The van der Waals surface area contributed by atoms with E-state index < -0.39 is 0 Å². The first-order valence-corrected chi connectivity index (χ1v) is 7.37. The standard InChI is InChI=1S/C14H23N3O2/c1-18-14(9-4-2-3-5-10-14)11-16-12(19-17-11)13(15)7-6-8-13/h2-10,15H2,1H3. The van der Waals surface area contributed by atoms with Gasteiger partial charge < -0.3 is 15.0 Å². The lowest BCUT2D eigenvalue weighted by atomic mass is 9.77. The summed E-state index contributed by atoms with van der Waals surface area (Å²) in [7, 11) is 1.75. The average molecular weight is 265 g/mol. The Hall–Kier alpha value is -0.940. The van der Waals surface area contributed by atoms with Gasteiger partial charge in [-0.3, -0.25) is 0 Å². The van der Waals surface area contributed by atoms with Crippen molar-refractivity contribution in [1.29, 1.82) is 0 Å². The van der Waals surface area contributed by atoms with Gasteiger partial charge in [0.05, 0.1) is 5.54 Å². The van der Waals surface area contributed by atoms with Gasteiger partial charge in [0.1, 0.15) is 5.60 Å². The molecule has 2 fully saturated rings. The molecule has 5 nitrogen and oxygen atoms in total. The minimum absolute atomic E-state index is 0.363. The van der Waals surface area contributed by atoms with E-state index in [4.69, 9.17) is 15.0 Å². The minimum Gasteiger partial charge on any atom is -0.370 e. The fraction of sp³-hybridized carbons (Fsp3) is 0.857. The first kappa shape index (κ1) is 13.1. The van der Waals surface area contributed by atoms with Gasteiger partial charge in [-0.15, -0.1) is 0 Å². The van der Waals surface area contributed by atoms with E-state index >= 15 is 0 Å². The van der Waals surface area contributed by atoms with Crippen LogP contribution in [0.25, 0.3) is 0 Å². The zero-order valence-electron chi connectivity index (χ0n) is 11.7. The van der Waals surface area contributed by atoms with Gasteiger partial charge in [-0.1, -0.05) is 30.8 Å². The maximum atomic E-state index is 6.25. The Morgan fingerprint density at radius 3 is 2.26 bits per heavy atom. The van der Waals surface area contributed by atoms with Crippen LogP contribution in [0, 0.1) is 0 Å². The van der Waals surface area contributed by atoms with Gasteiger partial charge in [-0.25, -0.2) is 0 Å². The van der Waals surface area contributed by atoms with E-state index in [9.17, 15) is 0 Å². The molecule has 19 heavy (non-hydrogen) atoms. The van der Waals surface area contributed by atoms with Crippen molar-refractivity contribution in [3.8, 4) is 0 Å². The highest BCUT2D eigenvalue weighted by Gasteiger charge is 2.43. The molecular weight excluding hydrogens is 242 g/mol. The summed E-state index contributed by atoms with van der Waals surface area (Å²) in [6.45, 7) is 0. The van der Waals surface area contributed by atoms with Crippen LogP contribution in [0.3, 0.4) is 0 Å². The van der Waals surface area contributed by atoms with Gasteiger partial charge >= 0.3 is 0 Å². The number of nitrogens with zero attached hydrogens (tertiary/aromatic N) is 2. The van der Waals surface area contributed by atoms with Gasteiger partial charge in [0, 0.05) is 7.11 Å². The lowest BCUT2D eigenvalue weighted by Crippen LogP contribution is -2.43. The molecule has 1 heterocycles. The lowest BCUT2D eigenvalue weighted by Gasteiger charge is -2.34. The van der Waals surface area contributed by atoms with Crippen LogP contribution in [0.15, 0.2) is 4.52 Å². The molecule has 0 aliphatic heterocycles. The molecule has 0 unspecified atom stereocenters. The molecular formula is C14H23N3O2. The molecule has 1 aromatic heterocycles. The highest BCUT2D eigenvalue weighted by atomic mass is 16.5. The van der Waals surface area contributed by atoms with E-state index in [1.807, 2.05) is 0 Å². The van der Waals surface area contributed by atoms with Crippen LogP contribution in [0.5, 0.6) is 0 Å². The number of aromatic nitrogens is 2. The van der Waals surface area contributed by atoms with E-state index in [2.05, 4.69) is 10.1 Å². The molecule has 0 aromatic carbocycles. The Labute approximate surface area is 113 Å². The van der Waals surface area contributed by atoms with Gasteiger partial charge in [-0.2, -0.15) is 4.98 Å². The maximum Gasteiger partial charge on any atom is 0.246 e. The van der Waals surface area contributed by atoms with Gasteiger partial charge in [0.15, 0.2) is 0 Å². The topological polar surface area (TPSA) is 74.2 Å². The third kappa shape index (κ3) is 2.19. The van der Waals surface area contributed by atoms with Crippen LogP contribution >= 0.6 is 0 Å². The SMILES string of the molecule is COC1(c2noc(C3(N)CCC3)n2)CCCCCC1. The molecule has 0 radical (unpaired) electrons. The fourth-order valence-electron chi connectivity index (χ4n) is 3.20. The van der Waals surface area contributed by atoms with Crippen molar-refractivity contribution < 1.29 is 9.26 Å². The Morgan fingerprint density at radius 1 is 1.05 bits per heavy atom. The van der Waals surface area contributed by atoms with Crippen LogP contribution in [-0.4, -0.2) is 17.3 Å². The van der Waals surface area contributed by atoms with E-state index in [1.54, 1.807) is 7.11 Å². The maximum absolute atomic E-state index is 6.25. The van der Waals surface area contributed by atoms with E-state index in [0.29, 0.717) is 11.7 Å². The van der Waals surface area contributed by atoms with Crippen molar-refractivity contribution in [2.45, 2.75) is 68.9 Å². The molecule has 0 atom stereocenters. The third-order valence-corrected chi connectivity index (χ3v) is 4.81. The Balaban J connectivity index is 1.86. The van der Waals surface area contributed by atoms with Crippen LogP contribution in [0.1, 0.15) is 69.5 Å². The van der Waals surface area contributed by atoms with Crippen molar-refractivity contribution in [3.63, 3.8) is 0 Å². The fourth-order valence-corrected chi connectivity index (χ4v) is 3.20. The second-order valence-electron chi connectivity index (χ2n) is 6.05. The first-order chi connectivity index (χ1) is 9.19. The second kappa shape index (κ2) is 4.87. The molecule has 5 heteroatoms. The van der Waals surface area contributed by atoms with Crippen LogP contribution in [0.2, 0.25) is 0 Å². The van der Waals surface area contributed by atoms with Crippen LogP contribution in [-0.2, 0) is 15.9 Å². The molecule has 0 saturated heterocycles. The molecule has 2 saturated carbocycles. The summed E-state index contributed by atoms with van der Waals surface area (Å²) < 4.78 is 11.2. The molecule has 2 N–H and O–H groups in total. The molecule has 106 valence electrons. The number of hydrogen-bond acceptors (Lipinski definition) is 5. The summed E-state index contributed by atoms with van der Waals surface area (Å²) in [5, 5.41) is 4.18. The first-order valence-electron chi connectivity index (χ1n) is 7.37.